The molecule has 1 aromatic carbocycles. The van der Waals surface area contributed by atoms with Gasteiger partial charge in [-0.05, 0) is 37.1 Å². The molecule has 0 aliphatic carbocycles. The van der Waals surface area contributed by atoms with Crippen molar-refractivity contribution in [1.82, 2.24) is 15.0 Å². The van der Waals surface area contributed by atoms with Gasteiger partial charge in [0.05, 0.1) is 11.6 Å². The number of hydrogen-bond donors (Lipinski definition) is 1. The number of halogens is 1. The maximum absolute atomic E-state index is 6.00. The van der Waals surface area contributed by atoms with Crippen LogP contribution in [-0.2, 0) is 6.42 Å². The van der Waals surface area contributed by atoms with E-state index < -0.39 is 0 Å². The minimum absolute atomic E-state index is 0.0738. The maximum atomic E-state index is 6.00. The van der Waals surface area contributed by atoms with Crippen LogP contribution in [0.1, 0.15) is 29.8 Å². The number of thiazole rings is 1. The van der Waals surface area contributed by atoms with E-state index >= 15 is 0 Å². The molecule has 0 bridgehead atoms. The normalized spacial score (nSPS) is 12.5. The van der Waals surface area contributed by atoms with Crippen LogP contribution in [0.2, 0.25) is 5.28 Å². The third-order valence-corrected chi connectivity index (χ3v) is 4.71. The summed E-state index contributed by atoms with van der Waals surface area (Å²) < 4.78 is 0. The van der Waals surface area contributed by atoms with Crippen molar-refractivity contribution >= 4 is 39.7 Å². The summed E-state index contributed by atoms with van der Waals surface area (Å²) in [7, 11) is 0. The summed E-state index contributed by atoms with van der Waals surface area (Å²) in [4.78, 5) is 14.3. The van der Waals surface area contributed by atoms with Gasteiger partial charge < -0.3 is 5.32 Å². The fourth-order valence-electron chi connectivity index (χ4n) is 2.11. The highest BCUT2D eigenvalue weighted by Gasteiger charge is 2.13. The standard InChI is InChI=1S/C15H15ClN4S/c1-3-10-8-17-14(21-10)9(2)18-13-11-6-4-5-7-12(11)19-15(16)20-13/h4-9H,3H2,1-2H3,(H,18,19,20). The van der Waals surface area contributed by atoms with Gasteiger partial charge in [-0.25, -0.2) is 15.0 Å². The zero-order valence-corrected chi connectivity index (χ0v) is 13.4. The van der Waals surface area contributed by atoms with Gasteiger partial charge in [-0.1, -0.05) is 19.1 Å². The average Bonchev–Trinajstić information content (AvgIpc) is 2.96. The van der Waals surface area contributed by atoms with Crippen LogP contribution in [0, 0.1) is 0 Å². The molecule has 0 aliphatic heterocycles. The molecule has 21 heavy (non-hydrogen) atoms. The largest absolute Gasteiger partial charge is 0.360 e. The Labute approximate surface area is 132 Å². The van der Waals surface area contributed by atoms with Crippen molar-refractivity contribution < 1.29 is 0 Å². The predicted octanol–water partition coefficient (Wildman–Crippen LogP) is 4.48. The van der Waals surface area contributed by atoms with Crippen LogP contribution < -0.4 is 5.32 Å². The smallest absolute Gasteiger partial charge is 0.224 e. The van der Waals surface area contributed by atoms with Crippen LogP contribution in [0.5, 0.6) is 0 Å². The quantitative estimate of drug-likeness (QED) is 0.721. The zero-order chi connectivity index (χ0) is 14.8. The summed E-state index contributed by atoms with van der Waals surface area (Å²) in [5.74, 6) is 0.742. The number of benzene rings is 1. The fourth-order valence-corrected chi connectivity index (χ4v) is 3.15. The van der Waals surface area contributed by atoms with Crippen molar-refractivity contribution in [2.45, 2.75) is 26.3 Å². The van der Waals surface area contributed by atoms with E-state index in [1.54, 1.807) is 11.3 Å². The van der Waals surface area contributed by atoms with E-state index in [-0.39, 0.29) is 11.3 Å². The highest BCUT2D eigenvalue weighted by Crippen LogP contribution is 2.27. The first-order valence-electron chi connectivity index (χ1n) is 6.80. The topological polar surface area (TPSA) is 50.7 Å². The Balaban J connectivity index is 1.93. The molecule has 4 nitrogen and oxygen atoms in total. The second-order valence-corrected chi connectivity index (χ2v) is 6.23. The van der Waals surface area contributed by atoms with Crippen LogP contribution in [0.15, 0.2) is 30.5 Å². The molecule has 108 valence electrons. The number of aryl methyl sites for hydroxylation is 1. The molecule has 0 amide bonds. The van der Waals surface area contributed by atoms with Crippen LogP contribution in [0.25, 0.3) is 10.9 Å². The monoisotopic (exact) mass is 318 g/mol. The molecule has 0 radical (unpaired) electrons. The Kier molecular flexibility index (Phi) is 4.03. The summed E-state index contributed by atoms with van der Waals surface area (Å²) in [5, 5.41) is 5.64. The minimum atomic E-state index is 0.0738. The lowest BCUT2D eigenvalue weighted by atomic mass is 10.2. The second-order valence-electron chi connectivity index (χ2n) is 4.74. The van der Waals surface area contributed by atoms with E-state index in [0.717, 1.165) is 28.1 Å². The number of rotatable bonds is 4. The van der Waals surface area contributed by atoms with Crippen LogP contribution in [0.3, 0.4) is 0 Å². The van der Waals surface area contributed by atoms with Gasteiger partial charge in [0, 0.05) is 16.5 Å². The molecule has 0 spiro atoms. The first-order valence-corrected chi connectivity index (χ1v) is 8.00. The van der Waals surface area contributed by atoms with Gasteiger partial charge in [0.25, 0.3) is 0 Å². The lowest BCUT2D eigenvalue weighted by Gasteiger charge is -2.13. The van der Waals surface area contributed by atoms with E-state index in [2.05, 4.69) is 34.1 Å². The van der Waals surface area contributed by atoms with E-state index in [4.69, 9.17) is 11.6 Å². The minimum Gasteiger partial charge on any atom is -0.360 e. The molecule has 1 N–H and O–H groups in total. The molecule has 3 rings (SSSR count). The highest BCUT2D eigenvalue weighted by molar-refractivity contribution is 7.11. The Morgan fingerprint density at radius 3 is 2.86 bits per heavy atom. The van der Waals surface area contributed by atoms with Crippen LogP contribution in [0.4, 0.5) is 5.82 Å². The van der Waals surface area contributed by atoms with E-state index in [1.807, 2.05) is 30.5 Å². The molecule has 1 atom stereocenters. The molecule has 0 saturated heterocycles. The van der Waals surface area contributed by atoms with Crippen molar-refractivity contribution in [3.63, 3.8) is 0 Å². The van der Waals surface area contributed by atoms with Gasteiger partial charge in [-0.15, -0.1) is 11.3 Å². The molecule has 0 fully saturated rings. The summed E-state index contributed by atoms with van der Waals surface area (Å²) in [5.41, 5.74) is 0.834. The summed E-state index contributed by atoms with van der Waals surface area (Å²) >= 11 is 7.72. The average molecular weight is 319 g/mol. The van der Waals surface area contributed by atoms with Gasteiger partial charge >= 0.3 is 0 Å². The van der Waals surface area contributed by atoms with Gasteiger partial charge in [0.2, 0.25) is 5.28 Å². The maximum Gasteiger partial charge on any atom is 0.224 e. The number of nitrogens with zero attached hydrogens (tertiary/aromatic N) is 3. The summed E-state index contributed by atoms with van der Waals surface area (Å²) in [6.07, 6.45) is 2.94. The van der Waals surface area contributed by atoms with E-state index in [1.165, 1.54) is 4.88 Å². The first kappa shape index (κ1) is 14.2. The second kappa shape index (κ2) is 5.95. The number of fused-ring (bicyclic) bond motifs is 1. The third kappa shape index (κ3) is 2.99. The third-order valence-electron chi connectivity index (χ3n) is 3.22. The molecule has 2 aromatic heterocycles. The number of hydrogen-bond acceptors (Lipinski definition) is 5. The highest BCUT2D eigenvalue weighted by atomic mass is 35.5. The lowest BCUT2D eigenvalue weighted by molar-refractivity contribution is 0.862. The molecular formula is C15H15ClN4S. The molecule has 6 heteroatoms. The molecule has 1 unspecified atom stereocenters. The zero-order valence-electron chi connectivity index (χ0n) is 11.8. The lowest BCUT2D eigenvalue weighted by Crippen LogP contribution is -2.08. The van der Waals surface area contributed by atoms with E-state index in [0.29, 0.717) is 0 Å². The Morgan fingerprint density at radius 1 is 1.29 bits per heavy atom. The predicted molar refractivity (Wildman–Crippen MR) is 88.1 cm³/mol. The number of nitrogens with one attached hydrogen (secondary N) is 1. The van der Waals surface area contributed by atoms with Crippen molar-refractivity contribution in [1.29, 1.82) is 0 Å². The molecular weight excluding hydrogens is 304 g/mol. The van der Waals surface area contributed by atoms with E-state index in [9.17, 15) is 0 Å². The molecule has 0 saturated carbocycles. The number of aromatic nitrogens is 3. The Hall–Kier alpha value is -1.72. The fraction of sp³-hybridized carbons (Fsp3) is 0.267. The van der Waals surface area contributed by atoms with Crippen molar-refractivity contribution in [2.75, 3.05) is 5.32 Å². The number of para-hydroxylation sites is 1. The van der Waals surface area contributed by atoms with Crippen LogP contribution >= 0.6 is 22.9 Å². The first-order chi connectivity index (χ1) is 10.2. The molecule has 0 aliphatic rings. The van der Waals surface area contributed by atoms with Gasteiger partial charge in [-0.2, -0.15) is 0 Å². The van der Waals surface area contributed by atoms with Gasteiger partial charge in [0.15, 0.2) is 0 Å². The Morgan fingerprint density at radius 2 is 2.10 bits per heavy atom. The van der Waals surface area contributed by atoms with Gasteiger partial charge in [-0.3, -0.25) is 0 Å². The van der Waals surface area contributed by atoms with Gasteiger partial charge in [0.1, 0.15) is 10.8 Å². The molecule has 2 heterocycles. The van der Waals surface area contributed by atoms with Crippen molar-refractivity contribution in [3.05, 3.63) is 45.6 Å². The Bertz CT molecular complexity index is 771. The SMILES string of the molecule is CCc1cnc(C(C)Nc2nc(Cl)nc3ccccc23)s1. The molecule has 3 aromatic rings. The van der Waals surface area contributed by atoms with Crippen molar-refractivity contribution in [2.24, 2.45) is 0 Å². The van der Waals surface area contributed by atoms with Crippen LogP contribution in [-0.4, -0.2) is 15.0 Å². The number of anilines is 1. The van der Waals surface area contributed by atoms with Crippen molar-refractivity contribution in [3.8, 4) is 0 Å². The summed E-state index contributed by atoms with van der Waals surface area (Å²) in [6, 6.07) is 7.89. The summed E-state index contributed by atoms with van der Waals surface area (Å²) in [6.45, 7) is 4.20.